The van der Waals surface area contributed by atoms with Crippen molar-refractivity contribution in [3.05, 3.63) is 0 Å². The number of alkyl carbamates (subject to hydrolysis) is 1. The Bertz CT molecular complexity index is 281. The summed E-state index contributed by atoms with van der Waals surface area (Å²) >= 11 is 0. The number of nitrogens with zero attached hydrogens (tertiary/aromatic N) is 1. The molecule has 2 amide bonds. The summed E-state index contributed by atoms with van der Waals surface area (Å²) in [4.78, 5) is 25.1. The SMILES string of the molecule is CCCC(C)N1CCCC(NC(=O)OC)C1=O. The second kappa shape index (κ2) is 6.47. The molecule has 0 spiro atoms. The molecule has 1 saturated heterocycles. The van der Waals surface area contributed by atoms with Gasteiger partial charge in [0.15, 0.2) is 0 Å². The van der Waals surface area contributed by atoms with E-state index >= 15 is 0 Å². The van der Waals surface area contributed by atoms with E-state index in [2.05, 4.69) is 23.9 Å². The molecular formula is C12H22N2O3. The van der Waals surface area contributed by atoms with Gasteiger partial charge in [0.25, 0.3) is 0 Å². The fourth-order valence-corrected chi connectivity index (χ4v) is 2.25. The monoisotopic (exact) mass is 242 g/mol. The average molecular weight is 242 g/mol. The standard InChI is InChI=1S/C12H22N2O3/c1-4-6-9(2)14-8-5-7-10(11(14)15)13-12(16)17-3/h9-10H,4-8H2,1-3H3,(H,13,16). The number of amides is 2. The van der Waals surface area contributed by atoms with Gasteiger partial charge in [0.2, 0.25) is 5.91 Å². The molecule has 1 rings (SSSR count). The van der Waals surface area contributed by atoms with Crippen LogP contribution in [-0.2, 0) is 9.53 Å². The Morgan fingerprint density at radius 2 is 2.35 bits per heavy atom. The lowest BCUT2D eigenvalue weighted by molar-refractivity contribution is -0.138. The predicted octanol–water partition coefficient (Wildman–Crippen LogP) is 1.52. The molecule has 0 aromatic rings. The van der Waals surface area contributed by atoms with Crippen LogP contribution in [0.4, 0.5) is 4.79 Å². The van der Waals surface area contributed by atoms with Crippen molar-refractivity contribution in [1.82, 2.24) is 10.2 Å². The van der Waals surface area contributed by atoms with E-state index in [-0.39, 0.29) is 11.9 Å². The molecule has 17 heavy (non-hydrogen) atoms. The largest absolute Gasteiger partial charge is 0.453 e. The summed E-state index contributed by atoms with van der Waals surface area (Å²) in [5, 5.41) is 2.59. The van der Waals surface area contributed by atoms with Gasteiger partial charge in [-0.15, -0.1) is 0 Å². The number of ether oxygens (including phenoxy) is 1. The molecule has 0 aromatic heterocycles. The van der Waals surface area contributed by atoms with Gasteiger partial charge in [0.05, 0.1) is 7.11 Å². The third-order valence-electron chi connectivity index (χ3n) is 3.19. The van der Waals surface area contributed by atoms with Gasteiger partial charge in [-0.2, -0.15) is 0 Å². The zero-order valence-electron chi connectivity index (χ0n) is 10.9. The van der Waals surface area contributed by atoms with E-state index in [0.29, 0.717) is 6.42 Å². The molecule has 0 bridgehead atoms. The van der Waals surface area contributed by atoms with Gasteiger partial charge >= 0.3 is 6.09 Å². The van der Waals surface area contributed by atoms with Crippen LogP contribution in [0.1, 0.15) is 39.5 Å². The van der Waals surface area contributed by atoms with E-state index in [1.807, 2.05) is 4.90 Å². The van der Waals surface area contributed by atoms with Crippen molar-refractivity contribution >= 4 is 12.0 Å². The molecule has 0 aromatic carbocycles. The topological polar surface area (TPSA) is 58.6 Å². The van der Waals surface area contributed by atoms with E-state index in [1.54, 1.807) is 0 Å². The molecule has 2 atom stereocenters. The van der Waals surface area contributed by atoms with Crippen LogP contribution in [0.5, 0.6) is 0 Å². The Balaban J connectivity index is 2.58. The number of rotatable bonds is 4. The van der Waals surface area contributed by atoms with Gasteiger partial charge in [-0.3, -0.25) is 4.79 Å². The van der Waals surface area contributed by atoms with Crippen LogP contribution < -0.4 is 5.32 Å². The highest BCUT2D eigenvalue weighted by Crippen LogP contribution is 2.17. The summed E-state index contributed by atoms with van der Waals surface area (Å²) in [6.45, 7) is 4.95. The van der Waals surface area contributed by atoms with Gasteiger partial charge in [-0.1, -0.05) is 13.3 Å². The Morgan fingerprint density at radius 3 is 2.94 bits per heavy atom. The van der Waals surface area contributed by atoms with Crippen molar-refractivity contribution in [2.24, 2.45) is 0 Å². The second-order valence-corrected chi connectivity index (χ2v) is 4.50. The molecule has 0 aliphatic carbocycles. The quantitative estimate of drug-likeness (QED) is 0.813. The van der Waals surface area contributed by atoms with Crippen molar-refractivity contribution < 1.29 is 14.3 Å². The lowest BCUT2D eigenvalue weighted by Crippen LogP contribution is -2.54. The van der Waals surface area contributed by atoms with Gasteiger partial charge in [0, 0.05) is 12.6 Å². The first-order chi connectivity index (χ1) is 8.10. The number of hydrogen-bond donors (Lipinski definition) is 1. The summed E-state index contributed by atoms with van der Waals surface area (Å²) < 4.78 is 4.52. The molecule has 1 aliphatic rings. The Hall–Kier alpha value is -1.26. The number of nitrogens with one attached hydrogen (secondary N) is 1. The predicted molar refractivity (Wildman–Crippen MR) is 64.6 cm³/mol. The fourth-order valence-electron chi connectivity index (χ4n) is 2.25. The third-order valence-corrected chi connectivity index (χ3v) is 3.19. The molecule has 5 nitrogen and oxygen atoms in total. The second-order valence-electron chi connectivity index (χ2n) is 4.50. The molecule has 98 valence electrons. The minimum Gasteiger partial charge on any atom is -0.453 e. The van der Waals surface area contributed by atoms with Gasteiger partial charge in [-0.25, -0.2) is 4.79 Å². The van der Waals surface area contributed by atoms with Crippen molar-refractivity contribution in [3.8, 4) is 0 Å². The Kier molecular flexibility index (Phi) is 5.25. The summed E-state index contributed by atoms with van der Waals surface area (Å²) in [6.07, 6.45) is 3.14. The van der Waals surface area contributed by atoms with Crippen LogP contribution in [0.3, 0.4) is 0 Å². The fraction of sp³-hybridized carbons (Fsp3) is 0.833. The zero-order valence-corrected chi connectivity index (χ0v) is 10.9. The molecule has 1 aliphatic heterocycles. The van der Waals surface area contributed by atoms with Crippen LogP contribution in [-0.4, -0.2) is 42.6 Å². The number of methoxy groups -OCH3 is 1. The smallest absolute Gasteiger partial charge is 0.407 e. The van der Waals surface area contributed by atoms with E-state index < -0.39 is 12.1 Å². The maximum Gasteiger partial charge on any atom is 0.407 e. The minimum absolute atomic E-state index is 0.0163. The molecular weight excluding hydrogens is 220 g/mol. The minimum atomic E-state index is -0.534. The normalized spacial score (nSPS) is 22.2. The summed E-state index contributed by atoms with van der Waals surface area (Å²) in [6, 6.07) is -0.176. The third kappa shape index (κ3) is 3.61. The van der Waals surface area contributed by atoms with Crippen molar-refractivity contribution in [2.45, 2.75) is 51.6 Å². The molecule has 5 heteroatoms. The molecule has 2 unspecified atom stereocenters. The maximum absolute atomic E-state index is 12.1. The van der Waals surface area contributed by atoms with E-state index in [9.17, 15) is 9.59 Å². The highest BCUT2D eigenvalue weighted by molar-refractivity contribution is 5.86. The first kappa shape index (κ1) is 13.8. The van der Waals surface area contributed by atoms with Crippen molar-refractivity contribution in [1.29, 1.82) is 0 Å². The highest BCUT2D eigenvalue weighted by atomic mass is 16.5. The Labute approximate surface area is 102 Å². The molecule has 1 fully saturated rings. The van der Waals surface area contributed by atoms with Crippen LogP contribution in [0.15, 0.2) is 0 Å². The van der Waals surface area contributed by atoms with Crippen molar-refractivity contribution in [2.75, 3.05) is 13.7 Å². The summed E-state index contributed by atoms with van der Waals surface area (Å²) in [7, 11) is 1.31. The average Bonchev–Trinajstić information content (AvgIpc) is 2.32. The van der Waals surface area contributed by atoms with Crippen LogP contribution in [0.25, 0.3) is 0 Å². The highest BCUT2D eigenvalue weighted by Gasteiger charge is 2.32. The van der Waals surface area contributed by atoms with E-state index in [1.165, 1.54) is 7.11 Å². The molecule has 0 saturated carbocycles. The summed E-state index contributed by atoms with van der Waals surface area (Å²) in [5.41, 5.74) is 0. The first-order valence-electron chi connectivity index (χ1n) is 6.25. The van der Waals surface area contributed by atoms with E-state index in [4.69, 9.17) is 0 Å². The van der Waals surface area contributed by atoms with Crippen molar-refractivity contribution in [3.63, 3.8) is 0 Å². The van der Waals surface area contributed by atoms with Gasteiger partial charge in [0.1, 0.15) is 6.04 Å². The summed E-state index contributed by atoms with van der Waals surface area (Å²) in [5.74, 6) is 0.0163. The number of hydrogen-bond acceptors (Lipinski definition) is 3. The lowest BCUT2D eigenvalue weighted by Gasteiger charge is -2.36. The number of carbonyl (C=O) groups is 2. The van der Waals surface area contributed by atoms with Crippen LogP contribution >= 0.6 is 0 Å². The van der Waals surface area contributed by atoms with Crippen LogP contribution in [0, 0.1) is 0 Å². The Morgan fingerprint density at radius 1 is 1.65 bits per heavy atom. The number of likely N-dealkylation sites (tertiary alicyclic amines) is 1. The zero-order chi connectivity index (χ0) is 12.8. The maximum atomic E-state index is 12.1. The molecule has 1 heterocycles. The van der Waals surface area contributed by atoms with Gasteiger partial charge < -0.3 is 15.0 Å². The first-order valence-corrected chi connectivity index (χ1v) is 6.25. The lowest BCUT2D eigenvalue weighted by atomic mass is 10.0. The van der Waals surface area contributed by atoms with E-state index in [0.717, 1.165) is 25.8 Å². The number of carbonyl (C=O) groups excluding carboxylic acids is 2. The molecule has 0 radical (unpaired) electrons. The van der Waals surface area contributed by atoms with Gasteiger partial charge in [-0.05, 0) is 26.2 Å². The molecule has 1 N–H and O–H groups in total. The van der Waals surface area contributed by atoms with Crippen LogP contribution in [0.2, 0.25) is 0 Å². The number of piperidine rings is 1.